The number of para-hydroxylation sites is 1. The lowest BCUT2D eigenvalue weighted by molar-refractivity contribution is -0.159. The zero-order valence-corrected chi connectivity index (χ0v) is 15.8. The largest absolute Gasteiger partial charge is 0.453 e. The Bertz CT molecular complexity index is 908. The zero-order valence-electron chi connectivity index (χ0n) is 15.0. The maximum atomic E-state index is 12.4. The molecule has 27 heavy (non-hydrogen) atoms. The maximum absolute atomic E-state index is 12.4. The fourth-order valence-corrected chi connectivity index (χ4v) is 3.60. The molecule has 6 nitrogen and oxygen atoms in total. The number of benzene rings is 2. The number of carbonyl (C=O) groups excluding carboxylic acids is 2. The molecule has 0 aliphatic rings. The van der Waals surface area contributed by atoms with Crippen LogP contribution in [-0.2, 0) is 14.3 Å². The number of hydrogen-bond donors (Lipinski definition) is 1. The summed E-state index contributed by atoms with van der Waals surface area (Å²) in [5.74, 6) is -1.22. The van der Waals surface area contributed by atoms with E-state index in [-0.39, 0.29) is 11.9 Å². The Balaban J connectivity index is 1.59. The van der Waals surface area contributed by atoms with Crippen LogP contribution in [0.4, 0.5) is 0 Å². The van der Waals surface area contributed by atoms with E-state index in [0.29, 0.717) is 5.56 Å². The molecular weight excluding hydrogens is 364 g/mol. The second kappa shape index (κ2) is 8.28. The summed E-state index contributed by atoms with van der Waals surface area (Å²) in [6, 6.07) is 16.0. The van der Waals surface area contributed by atoms with E-state index in [1.165, 1.54) is 16.2 Å². The second-order valence-corrected chi connectivity index (χ2v) is 7.18. The Kier molecular flexibility index (Phi) is 5.83. The summed E-state index contributed by atoms with van der Waals surface area (Å²) in [6.07, 6.45) is -1.41. The summed E-state index contributed by atoms with van der Waals surface area (Å²) >= 11 is 1.52. The molecule has 2 aromatic carbocycles. The van der Waals surface area contributed by atoms with Crippen LogP contribution < -0.4 is 0 Å². The van der Waals surface area contributed by atoms with Crippen molar-refractivity contribution >= 4 is 33.4 Å². The van der Waals surface area contributed by atoms with Crippen molar-refractivity contribution in [1.82, 2.24) is 9.88 Å². The number of aromatic nitrogens is 1. The molecule has 0 spiro atoms. The molecule has 1 N–H and O–H groups in total. The summed E-state index contributed by atoms with van der Waals surface area (Å²) in [7, 11) is 1.64. The monoisotopic (exact) mass is 384 g/mol. The lowest BCUT2D eigenvalue weighted by atomic mass is 10.1. The molecule has 140 valence electrons. The molecule has 1 aromatic heterocycles. The highest BCUT2D eigenvalue weighted by atomic mass is 32.1. The second-order valence-electron chi connectivity index (χ2n) is 6.12. The van der Waals surface area contributed by atoms with E-state index in [4.69, 9.17) is 4.74 Å². The van der Waals surface area contributed by atoms with E-state index < -0.39 is 18.7 Å². The van der Waals surface area contributed by atoms with Crippen molar-refractivity contribution in [2.45, 2.75) is 19.1 Å². The number of aliphatic hydroxyl groups excluding tert-OH is 1. The Morgan fingerprint density at radius 1 is 1.15 bits per heavy atom. The smallest absolute Gasteiger partial charge is 0.340 e. The Hall–Kier alpha value is -2.77. The van der Waals surface area contributed by atoms with E-state index in [0.717, 1.165) is 15.2 Å². The van der Waals surface area contributed by atoms with Crippen molar-refractivity contribution in [3.8, 4) is 0 Å². The first-order chi connectivity index (χ1) is 13.0. The average molecular weight is 384 g/mol. The molecule has 1 heterocycles. The lowest BCUT2D eigenvalue weighted by Crippen LogP contribution is -2.34. The number of amides is 1. The Labute approximate surface area is 161 Å². The van der Waals surface area contributed by atoms with E-state index >= 15 is 0 Å². The maximum Gasteiger partial charge on any atom is 0.340 e. The summed E-state index contributed by atoms with van der Waals surface area (Å²) < 4.78 is 6.04. The van der Waals surface area contributed by atoms with Gasteiger partial charge in [-0.1, -0.05) is 42.5 Å². The Morgan fingerprint density at radius 2 is 1.81 bits per heavy atom. The molecule has 0 aliphatic carbocycles. The first kappa shape index (κ1) is 19.0. The molecule has 0 fully saturated rings. The van der Waals surface area contributed by atoms with Gasteiger partial charge in [-0.05, 0) is 24.6 Å². The number of likely N-dealkylation sites (N-methyl/N-ethyl adjacent to an activating group) is 1. The summed E-state index contributed by atoms with van der Waals surface area (Å²) in [6.45, 7) is 1.44. The average Bonchev–Trinajstić information content (AvgIpc) is 3.15. The van der Waals surface area contributed by atoms with Crippen LogP contribution in [0.5, 0.6) is 0 Å². The third-order valence-corrected chi connectivity index (χ3v) is 5.53. The van der Waals surface area contributed by atoms with Crippen LogP contribution in [0.2, 0.25) is 0 Å². The van der Waals surface area contributed by atoms with Gasteiger partial charge in [0.2, 0.25) is 0 Å². The Morgan fingerprint density at radius 3 is 2.52 bits per heavy atom. The number of aliphatic hydroxyl groups is 1. The molecule has 0 radical (unpaired) electrons. The van der Waals surface area contributed by atoms with Crippen LogP contribution in [0.25, 0.3) is 10.2 Å². The van der Waals surface area contributed by atoms with E-state index in [1.54, 1.807) is 37.4 Å². The van der Waals surface area contributed by atoms with Gasteiger partial charge in [-0.3, -0.25) is 4.79 Å². The molecule has 0 aliphatic heterocycles. The molecule has 1 amide bonds. The van der Waals surface area contributed by atoms with Gasteiger partial charge in [0, 0.05) is 7.05 Å². The minimum atomic E-state index is -1.41. The van der Waals surface area contributed by atoms with Crippen LogP contribution in [0.15, 0.2) is 54.6 Å². The molecule has 3 aromatic rings. The van der Waals surface area contributed by atoms with Crippen molar-refractivity contribution in [2.24, 2.45) is 0 Å². The molecule has 0 bridgehead atoms. The quantitative estimate of drug-likeness (QED) is 0.661. The van der Waals surface area contributed by atoms with E-state index in [9.17, 15) is 14.7 Å². The van der Waals surface area contributed by atoms with Gasteiger partial charge in [0.25, 0.3) is 5.91 Å². The van der Waals surface area contributed by atoms with Gasteiger partial charge < -0.3 is 14.7 Å². The van der Waals surface area contributed by atoms with Gasteiger partial charge in [0.15, 0.2) is 12.7 Å². The third kappa shape index (κ3) is 4.32. The van der Waals surface area contributed by atoms with Crippen LogP contribution in [0, 0.1) is 0 Å². The van der Waals surface area contributed by atoms with Gasteiger partial charge in [-0.2, -0.15) is 0 Å². The van der Waals surface area contributed by atoms with Gasteiger partial charge in [0.05, 0.1) is 16.3 Å². The van der Waals surface area contributed by atoms with Crippen molar-refractivity contribution in [2.75, 3.05) is 13.7 Å². The minimum Gasteiger partial charge on any atom is -0.453 e. The number of hydrogen-bond acceptors (Lipinski definition) is 6. The van der Waals surface area contributed by atoms with Crippen LogP contribution in [-0.4, -0.2) is 40.5 Å². The molecule has 0 unspecified atom stereocenters. The first-order valence-electron chi connectivity index (χ1n) is 8.48. The fraction of sp³-hybridized carbons (Fsp3) is 0.250. The number of ether oxygens (including phenoxy) is 1. The highest BCUT2D eigenvalue weighted by Crippen LogP contribution is 2.28. The highest BCUT2D eigenvalue weighted by Gasteiger charge is 2.24. The fourth-order valence-electron chi connectivity index (χ4n) is 2.54. The van der Waals surface area contributed by atoms with Crippen LogP contribution in [0.1, 0.15) is 29.6 Å². The standard InChI is InChI=1S/C20H20N2O4S/c1-13(19-21-15-10-6-7-11-16(15)27-19)22(2)17(23)12-26-20(25)18(24)14-8-4-3-5-9-14/h3-11,13,18,24H,12H2,1-2H3/t13-,18-/m1/s1. The predicted molar refractivity (Wildman–Crippen MR) is 103 cm³/mol. The first-order valence-corrected chi connectivity index (χ1v) is 9.30. The lowest BCUT2D eigenvalue weighted by Gasteiger charge is -2.23. The summed E-state index contributed by atoms with van der Waals surface area (Å²) in [5.41, 5.74) is 1.31. The molecular formula is C20H20N2O4S. The van der Waals surface area contributed by atoms with Crippen molar-refractivity contribution < 1.29 is 19.4 Å². The van der Waals surface area contributed by atoms with E-state index in [1.807, 2.05) is 31.2 Å². The van der Waals surface area contributed by atoms with Crippen LogP contribution in [0.3, 0.4) is 0 Å². The number of fused-ring (bicyclic) bond motifs is 1. The molecule has 0 saturated carbocycles. The number of carbonyl (C=O) groups is 2. The van der Waals surface area contributed by atoms with Crippen molar-refractivity contribution in [3.05, 3.63) is 65.2 Å². The number of rotatable bonds is 6. The summed E-state index contributed by atoms with van der Waals surface area (Å²) in [5, 5.41) is 10.8. The SMILES string of the molecule is C[C@H](c1nc2ccccc2s1)N(C)C(=O)COC(=O)[C@H](O)c1ccccc1. The number of nitrogens with zero attached hydrogens (tertiary/aromatic N) is 2. The molecule has 3 rings (SSSR count). The van der Waals surface area contributed by atoms with Gasteiger partial charge in [-0.25, -0.2) is 9.78 Å². The zero-order chi connectivity index (χ0) is 19.4. The predicted octanol–water partition coefficient (Wildman–Crippen LogP) is 3.09. The molecule has 2 atom stereocenters. The third-order valence-electron chi connectivity index (χ3n) is 4.32. The molecule has 7 heteroatoms. The van der Waals surface area contributed by atoms with Crippen molar-refractivity contribution in [1.29, 1.82) is 0 Å². The minimum absolute atomic E-state index is 0.257. The number of esters is 1. The van der Waals surface area contributed by atoms with Gasteiger partial charge in [-0.15, -0.1) is 11.3 Å². The van der Waals surface area contributed by atoms with E-state index in [2.05, 4.69) is 4.98 Å². The molecule has 0 saturated heterocycles. The highest BCUT2D eigenvalue weighted by molar-refractivity contribution is 7.18. The summed E-state index contributed by atoms with van der Waals surface area (Å²) in [4.78, 5) is 30.4. The van der Waals surface area contributed by atoms with Crippen molar-refractivity contribution in [3.63, 3.8) is 0 Å². The number of thiazole rings is 1. The normalized spacial score (nSPS) is 13.1. The van der Waals surface area contributed by atoms with Gasteiger partial charge >= 0.3 is 5.97 Å². The van der Waals surface area contributed by atoms with Gasteiger partial charge in [0.1, 0.15) is 5.01 Å². The topological polar surface area (TPSA) is 79.7 Å². The van der Waals surface area contributed by atoms with Crippen LogP contribution >= 0.6 is 11.3 Å².